The van der Waals surface area contributed by atoms with E-state index in [4.69, 9.17) is 11.6 Å². The van der Waals surface area contributed by atoms with Crippen LogP contribution in [0.2, 0.25) is 5.02 Å². The molecule has 1 N–H and O–H groups in total. The van der Waals surface area contributed by atoms with Crippen LogP contribution in [0.4, 0.5) is 4.39 Å². The molecule has 0 aromatic heterocycles. The molecule has 3 unspecified atom stereocenters. The van der Waals surface area contributed by atoms with Crippen molar-refractivity contribution in [2.24, 2.45) is 11.8 Å². The van der Waals surface area contributed by atoms with Gasteiger partial charge in [0, 0.05) is 5.02 Å². The minimum atomic E-state index is -0.806. The third-order valence-corrected chi connectivity index (χ3v) is 4.56. The fourth-order valence-corrected chi connectivity index (χ4v) is 3.32. The number of aliphatic carboxylic acids is 1. The number of hydrogen-bond donors (Lipinski definition) is 1. The third kappa shape index (κ3) is 3.08. The van der Waals surface area contributed by atoms with Gasteiger partial charge in [-0.25, -0.2) is 4.39 Å². The number of carbonyl (C=O) groups is 1. The van der Waals surface area contributed by atoms with Crippen LogP contribution in [-0.2, 0) is 4.79 Å². The van der Waals surface area contributed by atoms with Crippen molar-refractivity contribution in [2.45, 2.75) is 38.5 Å². The predicted octanol–water partition coefficient (Wildman–Crippen LogP) is 4.47. The van der Waals surface area contributed by atoms with Crippen LogP contribution in [-0.4, -0.2) is 11.1 Å². The normalized spacial score (nSPS) is 27.2. The highest BCUT2D eigenvalue weighted by molar-refractivity contribution is 6.31. The molecule has 0 radical (unpaired) electrons. The molecule has 0 bridgehead atoms. The van der Waals surface area contributed by atoms with Gasteiger partial charge in [-0.3, -0.25) is 4.79 Å². The van der Waals surface area contributed by atoms with Crippen LogP contribution < -0.4 is 0 Å². The molecule has 1 saturated carbocycles. The highest BCUT2D eigenvalue weighted by Crippen LogP contribution is 2.44. The molecule has 0 saturated heterocycles. The second-order valence-corrected chi connectivity index (χ2v) is 5.71. The van der Waals surface area contributed by atoms with Crippen molar-refractivity contribution in [1.29, 1.82) is 0 Å². The molecule has 0 aliphatic heterocycles. The van der Waals surface area contributed by atoms with Gasteiger partial charge in [-0.2, -0.15) is 0 Å². The quantitative estimate of drug-likeness (QED) is 0.889. The van der Waals surface area contributed by atoms with Gasteiger partial charge >= 0.3 is 5.97 Å². The van der Waals surface area contributed by atoms with Gasteiger partial charge in [0.2, 0.25) is 0 Å². The van der Waals surface area contributed by atoms with Crippen LogP contribution in [0.15, 0.2) is 18.2 Å². The van der Waals surface area contributed by atoms with E-state index in [9.17, 15) is 14.3 Å². The van der Waals surface area contributed by atoms with Gasteiger partial charge < -0.3 is 5.11 Å². The molecule has 104 valence electrons. The van der Waals surface area contributed by atoms with E-state index in [2.05, 4.69) is 6.92 Å². The van der Waals surface area contributed by atoms with Crippen molar-refractivity contribution in [1.82, 2.24) is 0 Å². The lowest BCUT2D eigenvalue weighted by Gasteiger charge is -2.34. The topological polar surface area (TPSA) is 37.3 Å². The SMILES string of the molecule is CCC1CCC(C(=O)O)C(c2cc(F)ccc2Cl)C1. The summed E-state index contributed by atoms with van der Waals surface area (Å²) >= 11 is 6.13. The summed E-state index contributed by atoms with van der Waals surface area (Å²) in [5.74, 6) is -1.30. The van der Waals surface area contributed by atoms with Gasteiger partial charge in [0.1, 0.15) is 5.82 Å². The lowest BCUT2D eigenvalue weighted by molar-refractivity contribution is -0.143. The second kappa shape index (κ2) is 5.91. The van der Waals surface area contributed by atoms with Crippen molar-refractivity contribution < 1.29 is 14.3 Å². The van der Waals surface area contributed by atoms with Gasteiger partial charge in [0.05, 0.1) is 5.92 Å². The molecule has 0 heterocycles. The van der Waals surface area contributed by atoms with E-state index in [1.807, 2.05) is 0 Å². The summed E-state index contributed by atoms with van der Waals surface area (Å²) in [6.07, 6.45) is 3.37. The Morgan fingerprint density at radius 1 is 1.47 bits per heavy atom. The van der Waals surface area contributed by atoms with Crippen LogP contribution in [0, 0.1) is 17.7 Å². The number of carboxylic acids is 1. The zero-order valence-corrected chi connectivity index (χ0v) is 11.7. The van der Waals surface area contributed by atoms with Crippen LogP contribution >= 0.6 is 11.6 Å². The molecule has 2 rings (SSSR count). The number of carboxylic acid groups (broad SMARTS) is 1. The van der Waals surface area contributed by atoms with Crippen molar-refractivity contribution >= 4 is 17.6 Å². The Morgan fingerprint density at radius 2 is 2.21 bits per heavy atom. The first kappa shape index (κ1) is 14.3. The van der Waals surface area contributed by atoms with Crippen molar-refractivity contribution in [3.05, 3.63) is 34.6 Å². The van der Waals surface area contributed by atoms with E-state index in [0.29, 0.717) is 22.9 Å². The Labute approximate surface area is 117 Å². The Balaban J connectivity index is 2.35. The van der Waals surface area contributed by atoms with Crippen molar-refractivity contribution in [3.8, 4) is 0 Å². The minimum Gasteiger partial charge on any atom is -0.481 e. The minimum absolute atomic E-state index is 0.181. The van der Waals surface area contributed by atoms with E-state index >= 15 is 0 Å². The molecule has 0 spiro atoms. The Morgan fingerprint density at radius 3 is 2.84 bits per heavy atom. The Kier molecular flexibility index (Phi) is 4.46. The van der Waals surface area contributed by atoms with Crippen LogP contribution in [0.25, 0.3) is 0 Å². The highest BCUT2D eigenvalue weighted by Gasteiger charge is 2.36. The summed E-state index contributed by atoms with van der Waals surface area (Å²) in [7, 11) is 0. The lowest BCUT2D eigenvalue weighted by Crippen LogP contribution is -2.29. The predicted molar refractivity (Wildman–Crippen MR) is 72.9 cm³/mol. The molecule has 19 heavy (non-hydrogen) atoms. The van der Waals surface area contributed by atoms with Gasteiger partial charge in [-0.05, 0) is 54.9 Å². The number of rotatable bonds is 3. The van der Waals surface area contributed by atoms with Gasteiger partial charge in [-0.1, -0.05) is 24.9 Å². The summed E-state index contributed by atoms with van der Waals surface area (Å²) in [6.45, 7) is 2.11. The summed E-state index contributed by atoms with van der Waals surface area (Å²) < 4.78 is 13.4. The molecule has 0 amide bonds. The molecular weight excluding hydrogens is 267 g/mol. The van der Waals surface area contributed by atoms with E-state index in [1.165, 1.54) is 18.2 Å². The van der Waals surface area contributed by atoms with Crippen LogP contribution in [0.5, 0.6) is 0 Å². The third-order valence-electron chi connectivity index (χ3n) is 4.21. The number of halogens is 2. The van der Waals surface area contributed by atoms with Crippen LogP contribution in [0.3, 0.4) is 0 Å². The van der Waals surface area contributed by atoms with Gasteiger partial charge in [0.25, 0.3) is 0 Å². The zero-order chi connectivity index (χ0) is 14.0. The Bertz CT molecular complexity index is 475. The van der Waals surface area contributed by atoms with Crippen molar-refractivity contribution in [3.63, 3.8) is 0 Å². The molecule has 4 heteroatoms. The maximum atomic E-state index is 13.4. The van der Waals surface area contributed by atoms with Gasteiger partial charge in [-0.15, -0.1) is 0 Å². The molecule has 1 fully saturated rings. The largest absolute Gasteiger partial charge is 0.481 e. The summed E-state index contributed by atoms with van der Waals surface area (Å²) in [5, 5.41) is 9.82. The molecule has 2 nitrogen and oxygen atoms in total. The highest BCUT2D eigenvalue weighted by atomic mass is 35.5. The maximum Gasteiger partial charge on any atom is 0.307 e. The monoisotopic (exact) mass is 284 g/mol. The summed E-state index contributed by atoms with van der Waals surface area (Å²) in [4.78, 5) is 11.4. The van der Waals surface area contributed by atoms with E-state index in [0.717, 1.165) is 19.3 Å². The molecule has 1 aliphatic rings. The van der Waals surface area contributed by atoms with E-state index in [1.54, 1.807) is 0 Å². The van der Waals surface area contributed by atoms with E-state index in [-0.39, 0.29) is 11.7 Å². The summed E-state index contributed by atoms with van der Waals surface area (Å²) in [6, 6.07) is 4.21. The Hall–Kier alpha value is -1.09. The molecule has 1 aromatic rings. The first-order valence-corrected chi connectivity index (χ1v) is 7.08. The molecule has 1 aliphatic carbocycles. The average molecular weight is 285 g/mol. The fraction of sp³-hybridized carbons (Fsp3) is 0.533. The lowest BCUT2D eigenvalue weighted by atomic mass is 9.70. The van der Waals surface area contributed by atoms with Crippen LogP contribution in [0.1, 0.15) is 44.1 Å². The first-order chi connectivity index (χ1) is 9.02. The average Bonchev–Trinajstić information content (AvgIpc) is 2.40. The van der Waals surface area contributed by atoms with Crippen molar-refractivity contribution in [2.75, 3.05) is 0 Å². The zero-order valence-electron chi connectivity index (χ0n) is 10.9. The van der Waals surface area contributed by atoms with E-state index < -0.39 is 11.9 Å². The standard InChI is InChI=1S/C15H18ClFO2/c1-2-9-3-5-11(15(18)19)12(7-9)13-8-10(17)4-6-14(13)16/h4,6,8-9,11-12H,2-3,5,7H2,1H3,(H,18,19). The summed E-state index contributed by atoms with van der Waals surface area (Å²) in [5.41, 5.74) is 0.646. The second-order valence-electron chi connectivity index (χ2n) is 5.30. The van der Waals surface area contributed by atoms with Gasteiger partial charge in [0.15, 0.2) is 0 Å². The number of hydrogen-bond acceptors (Lipinski definition) is 1. The fourth-order valence-electron chi connectivity index (χ4n) is 3.07. The maximum absolute atomic E-state index is 13.4. The smallest absolute Gasteiger partial charge is 0.307 e. The first-order valence-electron chi connectivity index (χ1n) is 6.70. The molecule has 3 atom stereocenters. The molecular formula is C15H18ClFO2. The molecule has 1 aromatic carbocycles. The number of benzene rings is 1.